The van der Waals surface area contributed by atoms with Crippen molar-refractivity contribution < 1.29 is 0 Å². The van der Waals surface area contributed by atoms with Gasteiger partial charge in [-0.05, 0) is 86.7 Å². The molecule has 2 aliphatic carbocycles. The predicted octanol–water partition coefficient (Wildman–Crippen LogP) is 8.29. The number of hydrogen-bond donors (Lipinski definition) is 0. The van der Waals surface area contributed by atoms with Crippen molar-refractivity contribution in [2.75, 3.05) is 0 Å². The van der Waals surface area contributed by atoms with E-state index in [2.05, 4.69) is 44.2 Å². The molecule has 1 fully saturated rings. The van der Waals surface area contributed by atoms with E-state index in [9.17, 15) is 0 Å². The van der Waals surface area contributed by atoms with Gasteiger partial charge in [-0.2, -0.15) is 0 Å². The number of hydrogen-bond acceptors (Lipinski definition) is 0. The molecule has 27 heavy (non-hydrogen) atoms. The van der Waals surface area contributed by atoms with Crippen LogP contribution in [0.1, 0.15) is 102 Å². The largest absolute Gasteiger partial charge is 0.0850 e. The third-order valence-corrected chi connectivity index (χ3v) is 7.38. The molecule has 0 amide bonds. The molecule has 150 valence electrons. The molecular weight excluding hydrogens is 324 g/mol. The number of rotatable bonds is 9. The summed E-state index contributed by atoms with van der Waals surface area (Å²) < 4.78 is 0. The second-order valence-corrected chi connectivity index (χ2v) is 9.39. The molecule has 0 spiro atoms. The van der Waals surface area contributed by atoms with Crippen LogP contribution in [-0.2, 0) is 12.8 Å². The van der Waals surface area contributed by atoms with E-state index in [4.69, 9.17) is 0 Å². The van der Waals surface area contributed by atoms with Gasteiger partial charge < -0.3 is 0 Å². The number of benzene rings is 1. The molecule has 0 N–H and O–H groups in total. The monoisotopic (exact) mass is 366 g/mol. The summed E-state index contributed by atoms with van der Waals surface area (Å²) >= 11 is 0. The molecule has 0 heteroatoms. The van der Waals surface area contributed by atoms with E-state index in [1.54, 1.807) is 5.57 Å². The molecular formula is C27H42. The quantitative estimate of drug-likeness (QED) is 0.385. The van der Waals surface area contributed by atoms with E-state index in [0.717, 1.165) is 17.8 Å². The van der Waals surface area contributed by atoms with Crippen LogP contribution >= 0.6 is 0 Å². The van der Waals surface area contributed by atoms with E-state index in [0.29, 0.717) is 0 Å². The first kappa shape index (κ1) is 20.7. The summed E-state index contributed by atoms with van der Waals surface area (Å²) in [5.41, 5.74) is 4.77. The Hall–Kier alpha value is -1.04. The van der Waals surface area contributed by atoms with E-state index >= 15 is 0 Å². The lowest BCUT2D eigenvalue weighted by atomic mass is 9.70. The maximum atomic E-state index is 2.63. The predicted molar refractivity (Wildman–Crippen MR) is 119 cm³/mol. The molecule has 2 aliphatic rings. The van der Waals surface area contributed by atoms with Crippen molar-refractivity contribution in [2.24, 2.45) is 17.8 Å². The van der Waals surface area contributed by atoms with E-state index in [-0.39, 0.29) is 0 Å². The Kier molecular flexibility index (Phi) is 8.49. The number of unbranched alkanes of at least 4 members (excludes halogenated alkanes) is 1. The van der Waals surface area contributed by atoms with Crippen LogP contribution in [0.3, 0.4) is 0 Å². The Morgan fingerprint density at radius 2 is 1.44 bits per heavy atom. The third kappa shape index (κ3) is 6.51. The van der Waals surface area contributed by atoms with Gasteiger partial charge in [-0.25, -0.2) is 0 Å². The van der Waals surface area contributed by atoms with Crippen molar-refractivity contribution in [2.45, 2.75) is 104 Å². The molecule has 0 aliphatic heterocycles. The maximum absolute atomic E-state index is 2.63. The van der Waals surface area contributed by atoms with Crippen LogP contribution in [0.15, 0.2) is 35.9 Å². The Labute approximate surface area is 168 Å². The summed E-state index contributed by atoms with van der Waals surface area (Å²) in [6.07, 6.45) is 22.1. The highest BCUT2D eigenvalue weighted by molar-refractivity contribution is 5.24. The molecule has 1 unspecified atom stereocenters. The minimum atomic E-state index is 0.995. The molecule has 0 radical (unpaired) electrons. The van der Waals surface area contributed by atoms with Gasteiger partial charge in [-0.3, -0.25) is 0 Å². The first-order chi connectivity index (χ1) is 13.3. The zero-order valence-electron chi connectivity index (χ0n) is 18.0. The van der Waals surface area contributed by atoms with Crippen molar-refractivity contribution in [1.29, 1.82) is 0 Å². The minimum Gasteiger partial charge on any atom is -0.0850 e. The van der Waals surface area contributed by atoms with Gasteiger partial charge in [0.1, 0.15) is 0 Å². The smallest absolute Gasteiger partial charge is 0.0241 e. The first-order valence-corrected chi connectivity index (χ1v) is 12.0. The molecule has 1 saturated carbocycles. The first-order valence-electron chi connectivity index (χ1n) is 12.0. The molecule has 0 nitrogen and oxygen atoms in total. The molecule has 0 aromatic heterocycles. The van der Waals surface area contributed by atoms with Gasteiger partial charge in [0, 0.05) is 0 Å². The Balaban J connectivity index is 1.39. The zero-order valence-corrected chi connectivity index (χ0v) is 18.0. The maximum Gasteiger partial charge on any atom is -0.0241 e. The highest BCUT2D eigenvalue weighted by Gasteiger charge is 2.28. The Bertz CT molecular complexity index is 556. The Morgan fingerprint density at radius 3 is 2.04 bits per heavy atom. The van der Waals surface area contributed by atoms with Crippen LogP contribution in [-0.4, -0.2) is 0 Å². The van der Waals surface area contributed by atoms with Crippen molar-refractivity contribution >= 4 is 0 Å². The average Bonchev–Trinajstić information content (AvgIpc) is 2.73. The lowest BCUT2D eigenvalue weighted by Crippen LogP contribution is -2.23. The van der Waals surface area contributed by atoms with E-state index < -0.39 is 0 Å². The van der Waals surface area contributed by atoms with Gasteiger partial charge in [0.25, 0.3) is 0 Å². The summed E-state index contributed by atoms with van der Waals surface area (Å²) in [4.78, 5) is 0. The van der Waals surface area contributed by atoms with Gasteiger partial charge in [0.05, 0.1) is 0 Å². The molecule has 3 rings (SSSR count). The van der Waals surface area contributed by atoms with Crippen molar-refractivity contribution in [1.82, 2.24) is 0 Å². The highest BCUT2D eigenvalue weighted by Crippen LogP contribution is 2.41. The summed E-state index contributed by atoms with van der Waals surface area (Å²) in [7, 11) is 0. The summed E-state index contributed by atoms with van der Waals surface area (Å²) in [5.74, 6) is 3.08. The molecule has 1 atom stereocenters. The van der Waals surface area contributed by atoms with Gasteiger partial charge >= 0.3 is 0 Å². The zero-order chi connectivity index (χ0) is 18.9. The van der Waals surface area contributed by atoms with Crippen molar-refractivity contribution in [3.8, 4) is 0 Å². The van der Waals surface area contributed by atoms with Crippen LogP contribution in [0, 0.1) is 17.8 Å². The normalized spacial score (nSPS) is 26.0. The SMILES string of the molecule is CCCCc1ccc(CCC2=CCC([C@H]3CC[C@H](CCC)CC3)CC2)cc1. The molecule has 1 aromatic carbocycles. The standard InChI is InChI=1S/C27H42/c1-3-5-7-23-8-10-24(11-9-23)12-13-25-16-20-27(21-17-25)26-18-14-22(6-4-2)15-19-26/h8-11,16,22,26-27H,3-7,12-15,17-21H2,1-2H3/t22-,26-,27?. The Morgan fingerprint density at radius 1 is 0.741 bits per heavy atom. The fraction of sp³-hybridized carbons (Fsp3) is 0.704. The van der Waals surface area contributed by atoms with E-state index in [1.165, 1.54) is 101 Å². The topological polar surface area (TPSA) is 0 Å². The van der Waals surface area contributed by atoms with Gasteiger partial charge in [-0.1, -0.05) is 81.9 Å². The number of aryl methyl sites for hydroxylation is 2. The molecule has 0 saturated heterocycles. The second-order valence-electron chi connectivity index (χ2n) is 9.39. The summed E-state index contributed by atoms with van der Waals surface area (Å²) in [6.45, 7) is 4.62. The summed E-state index contributed by atoms with van der Waals surface area (Å²) in [6, 6.07) is 9.44. The van der Waals surface area contributed by atoms with E-state index in [1.807, 2.05) is 0 Å². The van der Waals surface area contributed by atoms with Crippen molar-refractivity contribution in [3.05, 3.63) is 47.0 Å². The van der Waals surface area contributed by atoms with Crippen LogP contribution < -0.4 is 0 Å². The molecule has 1 aromatic rings. The fourth-order valence-corrected chi connectivity index (χ4v) is 5.48. The van der Waals surface area contributed by atoms with Crippen molar-refractivity contribution in [3.63, 3.8) is 0 Å². The van der Waals surface area contributed by atoms with Crippen LogP contribution in [0.25, 0.3) is 0 Å². The lowest BCUT2D eigenvalue weighted by Gasteiger charge is -2.35. The fourth-order valence-electron chi connectivity index (χ4n) is 5.48. The highest BCUT2D eigenvalue weighted by atomic mass is 14.3. The second kappa shape index (κ2) is 11.1. The van der Waals surface area contributed by atoms with Crippen LogP contribution in [0.2, 0.25) is 0 Å². The summed E-state index contributed by atoms with van der Waals surface area (Å²) in [5, 5.41) is 0. The van der Waals surface area contributed by atoms with Gasteiger partial charge in [-0.15, -0.1) is 0 Å². The van der Waals surface area contributed by atoms with Gasteiger partial charge in [0.2, 0.25) is 0 Å². The molecule has 0 bridgehead atoms. The lowest BCUT2D eigenvalue weighted by molar-refractivity contribution is 0.186. The number of allylic oxidation sites excluding steroid dienone is 2. The molecule has 0 heterocycles. The van der Waals surface area contributed by atoms with Gasteiger partial charge in [0.15, 0.2) is 0 Å². The minimum absolute atomic E-state index is 0.995. The van der Waals surface area contributed by atoms with Crippen LogP contribution in [0.5, 0.6) is 0 Å². The third-order valence-electron chi connectivity index (χ3n) is 7.38. The average molecular weight is 367 g/mol. The van der Waals surface area contributed by atoms with Crippen LogP contribution in [0.4, 0.5) is 0 Å².